The number of carbonyl (C=O) groups is 4. The monoisotopic (exact) mass is 1190 g/mol. The maximum atomic E-state index is 14.0. The Morgan fingerprint density at radius 2 is 1.08 bits per heavy atom. The van der Waals surface area contributed by atoms with E-state index < -0.39 is 75.9 Å². The van der Waals surface area contributed by atoms with E-state index in [2.05, 4.69) is 29.0 Å². The van der Waals surface area contributed by atoms with Crippen LogP contribution in [0, 0.1) is 46.9 Å². The van der Waals surface area contributed by atoms with Gasteiger partial charge in [0.15, 0.2) is 5.60 Å². The van der Waals surface area contributed by atoms with Gasteiger partial charge in [-0.05, 0) is 196 Å². The summed E-state index contributed by atoms with van der Waals surface area (Å²) in [5.41, 5.74) is 2.54. The van der Waals surface area contributed by atoms with Crippen LogP contribution in [0.2, 0.25) is 0 Å². The van der Waals surface area contributed by atoms with Crippen LogP contribution in [0.25, 0.3) is 0 Å². The number of aliphatic carboxylic acids is 1. The minimum atomic E-state index is -4.69. The molecule has 458 valence electrons. The van der Waals surface area contributed by atoms with Crippen molar-refractivity contribution in [2.45, 2.75) is 139 Å². The van der Waals surface area contributed by atoms with Crippen molar-refractivity contribution >= 4 is 23.8 Å². The van der Waals surface area contributed by atoms with Crippen molar-refractivity contribution in [1.29, 1.82) is 0 Å². The molecule has 5 N–H and O–H groups in total. The number of carbonyl (C=O) groups excluding carboxylic acids is 2. The first-order valence-electron chi connectivity index (χ1n) is 28.3. The number of nitrogens with two attached hydrogens (primary N) is 1. The predicted octanol–water partition coefficient (Wildman–Crippen LogP) is 11.5. The van der Waals surface area contributed by atoms with Gasteiger partial charge in [-0.15, -0.1) is 0 Å². The zero-order chi connectivity index (χ0) is 61.1. The van der Waals surface area contributed by atoms with Crippen LogP contribution in [0.5, 0.6) is 0 Å². The second-order valence-corrected chi connectivity index (χ2v) is 23.2. The highest BCUT2D eigenvalue weighted by molar-refractivity contribution is 5.90. The number of likely N-dealkylation sites (tertiary alicyclic amines) is 2. The molecule has 0 radical (unpaired) electrons. The quantitative estimate of drug-likeness (QED) is 0.0736. The van der Waals surface area contributed by atoms with Crippen molar-refractivity contribution in [2.75, 3.05) is 46.5 Å². The normalized spacial score (nSPS) is 26.8. The van der Waals surface area contributed by atoms with Gasteiger partial charge in [0.05, 0.1) is 42.6 Å². The van der Waals surface area contributed by atoms with Gasteiger partial charge in [0.1, 0.15) is 28.9 Å². The van der Waals surface area contributed by atoms with Crippen LogP contribution in [0.3, 0.4) is 0 Å². The van der Waals surface area contributed by atoms with Gasteiger partial charge in [0, 0.05) is 38.3 Å². The third-order valence-electron chi connectivity index (χ3n) is 17.6. The number of carboxylic acid groups (broad SMARTS) is 2. The van der Waals surface area contributed by atoms with Crippen LogP contribution >= 0.6 is 0 Å². The average molecular weight is 1190 g/mol. The summed E-state index contributed by atoms with van der Waals surface area (Å²) in [6, 6.07) is 13.8. The number of rotatable bonds is 13. The van der Waals surface area contributed by atoms with E-state index >= 15 is 0 Å². The van der Waals surface area contributed by atoms with Gasteiger partial charge in [0.25, 0.3) is 5.91 Å². The molecule has 8 atom stereocenters. The van der Waals surface area contributed by atoms with E-state index in [4.69, 9.17) is 19.9 Å². The van der Waals surface area contributed by atoms with E-state index in [9.17, 15) is 73.3 Å². The zero-order valence-electron chi connectivity index (χ0n) is 46.8. The first-order valence-corrected chi connectivity index (χ1v) is 28.3. The summed E-state index contributed by atoms with van der Waals surface area (Å²) >= 11 is 0. The summed E-state index contributed by atoms with van der Waals surface area (Å²) in [6.45, 7) is 7.93. The lowest BCUT2D eigenvalue weighted by molar-refractivity contribution is -0.183. The molecule has 6 aliphatic rings. The van der Waals surface area contributed by atoms with Crippen molar-refractivity contribution in [1.82, 2.24) is 15.1 Å². The Kier molecular flexibility index (Phi) is 19.9. The van der Waals surface area contributed by atoms with Crippen molar-refractivity contribution in [3.05, 3.63) is 141 Å². The molecular formula is C61H70F10N4O9. The van der Waals surface area contributed by atoms with Crippen molar-refractivity contribution in [2.24, 2.45) is 29.4 Å². The molecule has 13 nitrogen and oxygen atoms in total. The lowest BCUT2D eigenvalue weighted by atomic mass is 9.79. The Morgan fingerprint density at radius 1 is 0.631 bits per heavy atom. The number of ether oxygens (including phenoxy) is 3. The van der Waals surface area contributed by atoms with Gasteiger partial charge >= 0.3 is 30.3 Å². The van der Waals surface area contributed by atoms with Crippen LogP contribution in [0.4, 0.5) is 43.9 Å². The largest absolute Gasteiger partial charge is 0.479 e. The maximum absolute atomic E-state index is 14.0. The smallest absolute Gasteiger partial charge is 0.416 e. The van der Waals surface area contributed by atoms with Crippen molar-refractivity contribution in [3.8, 4) is 0 Å². The first-order chi connectivity index (χ1) is 39.7. The molecule has 0 spiro atoms. The van der Waals surface area contributed by atoms with E-state index in [1.54, 1.807) is 18.2 Å². The SMILES string of the molecule is COC(=O)c1cc([C@H]2CCN([C@@H]3CC[C@@](C(=O)O)(C4CC4)OC3)C[C@@H]2C)ccc1F.C[C@H]1CN([C@@H]2CC[C@@](C(=O)NCc3cc(F)cc(C(F)(F)F)c3)(C3CC3)OC2)CC[C@@H]1c1ccc(F)c(C(=O)O)c1.NCc1cc(F)cc(C(F)(F)F)c1. The van der Waals surface area contributed by atoms with Gasteiger partial charge in [0.2, 0.25) is 0 Å². The molecule has 10 rings (SSSR count). The number of aromatic carboxylic acids is 1. The number of esters is 1. The molecule has 2 aliphatic carbocycles. The van der Waals surface area contributed by atoms with Gasteiger partial charge in [-0.1, -0.05) is 26.0 Å². The molecule has 0 unspecified atom stereocenters. The summed E-state index contributed by atoms with van der Waals surface area (Å²) in [5.74, 6) is -5.36. The summed E-state index contributed by atoms with van der Waals surface area (Å²) in [4.78, 5) is 53.1. The summed E-state index contributed by atoms with van der Waals surface area (Å²) < 4.78 is 147. The topological polar surface area (TPSA) is 181 Å². The lowest BCUT2D eigenvalue weighted by Crippen LogP contribution is -2.57. The fraction of sp³-hybridized carbons (Fsp3) is 0.541. The number of hydrogen-bond acceptors (Lipinski definition) is 10. The zero-order valence-corrected chi connectivity index (χ0v) is 46.8. The average Bonchev–Trinajstić information content (AvgIpc) is 2.56. The number of nitrogens with zero attached hydrogens (tertiary/aromatic N) is 2. The Bertz CT molecular complexity index is 3010. The predicted molar refractivity (Wildman–Crippen MR) is 286 cm³/mol. The molecule has 4 aromatic carbocycles. The van der Waals surface area contributed by atoms with Crippen molar-refractivity contribution in [3.63, 3.8) is 0 Å². The highest BCUT2D eigenvalue weighted by atomic mass is 19.4. The lowest BCUT2D eigenvalue weighted by Gasteiger charge is -2.46. The number of nitrogens with one attached hydrogen (secondary N) is 1. The van der Waals surface area contributed by atoms with Crippen LogP contribution in [0.1, 0.15) is 144 Å². The number of methoxy groups -OCH3 is 1. The Hall–Kier alpha value is -6.14. The molecule has 0 aromatic heterocycles. The number of halogens is 10. The van der Waals surface area contributed by atoms with Gasteiger partial charge < -0.3 is 35.5 Å². The molecule has 84 heavy (non-hydrogen) atoms. The number of benzene rings is 4. The minimum absolute atomic E-state index is 0.0182. The van der Waals surface area contributed by atoms with E-state index in [-0.39, 0.29) is 82.9 Å². The summed E-state index contributed by atoms with van der Waals surface area (Å²) in [6.07, 6.45) is -1.40. The number of piperidine rings is 2. The fourth-order valence-electron chi connectivity index (χ4n) is 12.8. The summed E-state index contributed by atoms with van der Waals surface area (Å²) in [7, 11) is 1.25. The number of hydrogen-bond donors (Lipinski definition) is 4. The minimum Gasteiger partial charge on any atom is -0.479 e. The van der Waals surface area contributed by atoms with E-state index in [1.807, 2.05) is 0 Å². The van der Waals surface area contributed by atoms with Crippen LogP contribution in [-0.2, 0) is 49.2 Å². The molecule has 4 heterocycles. The number of alkyl halides is 6. The highest BCUT2D eigenvalue weighted by Crippen LogP contribution is 2.49. The van der Waals surface area contributed by atoms with Gasteiger partial charge in [-0.2, -0.15) is 26.3 Å². The van der Waals surface area contributed by atoms with Crippen LogP contribution < -0.4 is 11.1 Å². The Labute approximate surface area is 480 Å². The standard InChI is InChI=1S/C30H33F5N2O4.C23H30FNO5.C8H7F4N/c1-17-15-37(9-7-24(17)19-2-5-26(32)25(12-19)27(38)39)23-6-8-29(41-16-23,20-3-4-20)28(40)36-14-18-10-21(30(33,34)35)13-22(31)11-18;1-14-12-25(17-7-9-23(22(27)28,30-13-17)16-4-5-16)10-8-18(14)15-3-6-20(24)19(11-15)21(26)29-2;9-7-2-5(4-13)1-6(3-7)8(10,11)12/h2,5,10-13,17,20,23-24H,3-4,6-9,14-16H2,1H3,(H,36,40)(H,38,39);3,6,11,14,16-18H,4-5,7-10,12-13H2,1-2H3,(H,27,28);1-3H,4,13H2/t17-,23+,24-,29-;14-,17+,18-,23-;/m00./s1. The van der Waals surface area contributed by atoms with E-state index in [0.717, 1.165) is 107 Å². The molecule has 0 bridgehead atoms. The third-order valence-corrected chi connectivity index (χ3v) is 17.6. The van der Waals surface area contributed by atoms with Crippen LogP contribution in [0.15, 0.2) is 72.8 Å². The molecule has 6 fully saturated rings. The maximum Gasteiger partial charge on any atom is 0.416 e. The Balaban J connectivity index is 0.000000186. The molecule has 1 amide bonds. The van der Waals surface area contributed by atoms with Gasteiger partial charge in [-0.3, -0.25) is 14.6 Å². The van der Waals surface area contributed by atoms with E-state index in [1.165, 1.54) is 25.3 Å². The third kappa shape index (κ3) is 14.9. The number of carboxylic acids is 2. The molecule has 4 saturated heterocycles. The second kappa shape index (κ2) is 26.2. The van der Waals surface area contributed by atoms with E-state index in [0.29, 0.717) is 50.5 Å². The van der Waals surface area contributed by atoms with Crippen molar-refractivity contribution < 1.29 is 87.5 Å². The Morgan fingerprint density at radius 3 is 1.50 bits per heavy atom. The molecule has 4 aromatic rings. The molecular weight excluding hydrogens is 1120 g/mol. The van der Waals surface area contributed by atoms with Gasteiger partial charge in [-0.25, -0.2) is 31.9 Å². The fourth-order valence-corrected chi connectivity index (χ4v) is 12.8. The molecule has 4 aliphatic heterocycles. The molecule has 23 heteroatoms. The first kappa shape index (κ1) is 63.9. The summed E-state index contributed by atoms with van der Waals surface area (Å²) in [5, 5.41) is 21.7. The van der Waals surface area contributed by atoms with Crippen LogP contribution in [-0.4, -0.2) is 114 Å². The second-order valence-electron chi connectivity index (χ2n) is 23.2. The molecule has 2 saturated carbocycles. The highest BCUT2D eigenvalue weighted by Gasteiger charge is 2.56. The number of amides is 1.